The van der Waals surface area contributed by atoms with E-state index in [0.29, 0.717) is 0 Å². The molecule has 1 amide bonds. The van der Waals surface area contributed by atoms with Crippen LogP contribution in [0.4, 0.5) is 4.39 Å². The Morgan fingerprint density at radius 1 is 1.38 bits per heavy atom. The minimum absolute atomic E-state index is 0.129. The fraction of sp³-hybridized carbons (Fsp3) is 0.467. The third-order valence-electron chi connectivity index (χ3n) is 3.18. The molecule has 0 aliphatic rings. The minimum Gasteiger partial charge on any atom is -0.455 e. The highest BCUT2D eigenvalue weighted by Crippen LogP contribution is 2.22. The zero-order valence-electron chi connectivity index (χ0n) is 12.5. The van der Waals surface area contributed by atoms with Gasteiger partial charge in [-0.3, -0.25) is 4.79 Å². The Bertz CT molecular complexity index is 520. The van der Waals surface area contributed by atoms with Crippen LogP contribution in [-0.4, -0.2) is 18.0 Å². The summed E-state index contributed by atoms with van der Waals surface area (Å²) in [6, 6.07) is 4.20. The number of amides is 1. The summed E-state index contributed by atoms with van der Waals surface area (Å²) < 4.78 is 18.6. The molecule has 0 saturated carbocycles. The lowest BCUT2D eigenvalue weighted by atomic mass is 9.90. The number of halogens is 2. The number of carbonyl (C=O) groups is 2. The molecule has 0 aliphatic heterocycles. The predicted octanol–water partition coefficient (Wildman–Crippen LogP) is 3.07. The van der Waals surface area contributed by atoms with Crippen molar-refractivity contribution in [3.05, 3.63) is 34.6 Å². The van der Waals surface area contributed by atoms with Crippen molar-refractivity contribution in [2.24, 2.45) is 5.41 Å². The lowest BCUT2D eigenvalue weighted by molar-refractivity contribution is -0.162. The van der Waals surface area contributed by atoms with Crippen molar-refractivity contribution in [2.45, 2.75) is 40.3 Å². The van der Waals surface area contributed by atoms with E-state index in [9.17, 15) is 14.0 Å². The van der Waals surface area contributed by atoms with Gasteiger partial charge in [0.2, 0.25) is 0 Å². The van der Waals surface area contributed by atoms with Crippen LogP contribution in [0, 0.1) is 11.2 Å². The van der Waals surface area contributed by atoms with Crippen LogP contribution in [0.15, 0.2) is 18.2 Å². The molecule has 0 unspecified atom stereocenters. The van der Waals surface area contributed by atoms with E-state index in [2.05, 4.69) is 5.32 Å². The molecule has 0 aromatic heterocycles. The van der Waals surface area contributed by atoms with Gasteiger partial charge in [-0.15, -0.1) is 0 Å². The van der Waals surface area contributed by atoms with Gasteiger partial charge in [0.25, 0.3) is 0 Å². The van der Waals surface area contributed by atoms with E-state index in [1.165, 1.54) is 18.2 Å². The van der Waals surface area contributed by atoms with Crippen molar-refractivity contribution in [2.75, 3.05) is 0 Å². The summed E-state index contributed by atoms with van der Waals surface area (Å²) in [4.78, 5) is 23.3. The summed E-state index contributed by atoms with van der Waals surface area (Å²) in [7, 11) is 0. The number of nitrogens with one attached hydrogen (secondary N) is 1. The quantitative estimate of drug-likeness (QED) is 0.689. The average Bonchev–Trinajstić information content (AvgIpc) is 2.36. The molecule has 21 heavy (non-hydrogen) atoms. The van der Waals surface area contributed by atoms with E-state index < -0.39 is 23.8 Å². The van der Waals surface area contributed by atoms with Gasteiger partial charge in [0, 0.05) is 17.1 Å². The highest BCUT2D eigenvalue weighted by molar-refractivity contribution is 6.33. The second-order valence-corrected chi connectivity index (χ2v) is 6.20. The molecule has 1 N–H and O–H groups in total. The molecule has 0 fully saturated rings. The maximum Gasteiger partial charge on any atom is 0.397 e. The minimum atomic E-state index is -0.995. The van der Waals surface area contributed by atoms with Gasteiger partial charge in [0.1, 0.15) is 11.9 Å². The van der Waals surface area contributed by atoms with E-state index in [1.54, 1.807) is 6.92 Å². The Balaban J connectivity index is 2.60. The average molecular weight is 316 g/mol. The molecule has 4 nitrogen and oxygen atoms in total. The number of ether oxygens (including phenoxy) is 1. The lowest BCUT2D eigenvalue weighted by Crippen LogP contribution is -2.37. The fourth-order valence-electron chi connectivity index (χ4n) is 1.33. The van der Waals surface area contributed by atoms with Crippen LogP contribution < -0.4 is 5.32 Å². The Hall–Kier alpha value is -1.62. The van der Waals surface area contributed by atoms with Crippen molar-refractivity contribution < 1.29 is 18.7 Å². The Labute approximate surface area is 128 Å². The largest absolute Gasteiger partial charge is 0.455 e. The molecule has 1 atom stereocenters. The third-order valence-corrected chi connectivity index (χ3v) is 3.53. The molecule has 0 aliphatic carbocycles. The maximum absolute atomic E-state index is 13.5. The first-order valence-corrected chi connectivity index (χ1v) is 6.92. The summed E-state index contributed by atoms with van der Waals surface area (Å²) in [5.41, 5.74) is -0.144. The van der Waals surface area contributed by atoms with Gasteiger partial charge in [-0.1, -0.05) is 38.4 Å². The molecular weight excluding hydrogens is 297 g/mol. The number of benzene rings is 1. The van der Waals surface area contributed by atoms with Crippen LogP contribution >= 0.6 is 11.6 Å². The van der Waals surface area contributed by atoms with E-state index in [-0.39, 0.29) is 22.5 Å². The molecule has 1 aromatic carbocycles. The van der Waals surface area contributed by atoms with Crippen LogP contribution in [0.5, 0.6) is 0 Å². The van der Waals surface area contributed by atoms with Crippen molar-refractivity contribution in [1.29, 1.82) is 0 Å². The molecule has 116 valence electrons. The van der Waals surface area contributed by atoms with Crippen molar-refractivity contribution >= 4 is 23.5 Å². The first kappa shape index (κ1) is 17.4. The Morgan fingerprint density at radius 2 is 2.00 bits per heavy atom. The van der Waals surface area contributed by atoms with Gasteiger partial charge in [-0.2, -0.15) is 0 Å². The molecule has 0 spiro atoms. The topological polar surface area (TPSA) is 55.4 Å². The van der Waals surface area contributed by atoms with Crippen molar-refractivity contribution in [1.82, 2.24) is 5.32 Å². The molecule has 0 bridgehead atoms. The summed E-state index contributed by atoms with van der Waals surface area (Å²) in [6.45, 7) is 7.20. The highest BCUT2D eigenvalue weighted by atomic mass is 35.5. The Kier molecular flexibility index (Phi) is 5.72. The van der Waals surface area contributed by atoms with Crippen LogP contribution in [0.2, 0.25) is 5.02 Å². The number of hydrogen-bond acceptors (Lipinski definition) is 3. The van der Waals surface area contributed by atoms with Gasteiger partial charge in [0.05, 0.1) is 0 Å². The van der Waals surface area contributed by atoms with Gasteiger partial charge in [-0.05, 0) is 24.5 Å². The van der Waals surface area contributed by atoms with Crippen LogP contribution in [-0.2, 0) is 20.9 Å². The number of rotatable bonds is 3. The summed E-state index contributed by atoms with van der Waals surface area (Å²) in [5.74, 6) is -2.46. The van der Waals surface area contributed by atoms with Gasteiger partial charge >= 0.3 is 11.9 Å². The first-order chi connectivity index (χ1) is 9.62. The molecule has 0 radical (unpaired) electrons. The zero-order valence-corrected chi connectivity index (χ0v) is 13.3. The van der Waals surface area contributed by atoms with Crippen LogP contribution in [0.25, 0.3) is 0 Å². The molecule has 0 heterocycles. The normalized spacial score (nSPS) is 12.7. The number of hydrogen-bond donors (Lipinski definition) is 1. The molecular formula is C15H19ClFNO3. The lowest BCUT2D eigenvalue weighted by Gasteiger charge is -2.26. The van der Waals surface area contributed by atoms with Gasteiger partial charge in [0.15, 0.2) is 0 Å². The Morgan fingerprint density at radius 3 is 2.52 bits per heavy atom. The van der Waals surface area contributed by atoms with Gasteiger partial charge < -0.3 is 10.1 Å². The van der Waals surface area contributed by atoms with E-state index >= 15 is 0 Å². The zero-order chi connectivity index (χ0) is 16.2. The summed E-state index contributed by atoms with van der Waals surface area (Å²) in [6.07, 6.45) is -0.423. The second-order valence-electron chi connectivity index (χ2n) is 5.80. The van der Waals surface area contributed by atoms with Gasteiger partial charge in [-0.25, -0.2) is 9.18 Å². The molecule has 1 aromatic rings. The number of carbonyl (C=O) groups excluding carboxylic acids is 2. The van der Waals surface area contributed by atoms with Crippen molar-refractivity contribution in [3.8, 4) is 0 Å². The van der Waals surface area contributed by atoms with Crippen molar-refractivity contribution in [3.63, 3.8) is 0 Å². The fourth-order valence-corrected chi connectivity index (χ4v) is 1.56. The van der Waals surface area contributed by atoms with E-state index in [4.69, 9.17) is 16.3 Å². The van der Waals surface area contributed by atoms with Crippen LogP contribution in [0.3, 0.4) is 0 Å². The smallest absolute Gasteiger partial charge is 0.397 e. The molecule has 0 saturated heterocycles. The predicted molar refractivity (Wildman–Crippen MR) is 78.3 cm³/mol. The second kappa shape index (κ2) is 6.89. The van der Waals surface area contributed by atoms with Crippen LogP contribution in [0.1, 0.15) is 33.3 Å². The monoisotopic (exact) mass is 315 g/mol. The molecule has 1 rings (SSSR count). The summed E-state index contributed by atoms with van der Waals surface area (Å²) in [5, 5.41) is 2.49. The standard InChI is InChI=1S/C15H19ClFNO3/c1-9(15(2,3)4)21-14(20)13(19)18-8-10-11(16)6-5-7-12(10)17/h5-7,9H,8H2,1-4H3,(H,18,19)/t9-/m1/s1. The first-order valence-electron chi connectivity index (χ1n) is 6.54. The molecule has 6 heteroatoms. The number of esters is 1. The maximum atomic E-state index is 13.5. The highest BCUT2D eigenvalue weighted by Gasteiger charge is 2.26. The van der Waals surface area contributed by atoms with E-state index in [1.807, 2.05) is 20.8 Å². The third kappa shape index (κ3) is 5.01. The summed E-state index contributed by atoms with van der Waals surface area (Å²) >= 11 is 5.83. The van der Waals surface area contributed by atoms with E-state index in [0.717, 1.165) is 0 Å². The SMILES string of the molecule is C[C@@H](OC(=O)C(=O)NCc1c(F)cccc1Cl)C(C)(C)C.